The summed E-state index contributed by atoms with van der Waals surface area (Å²) in [6.07, 6.45) is 5.56. The van der Waals surface area contributed by atoms with Crippen LogP contribution in [0.15, 0.2) is 84.1 Å². The van der Waals surface area contributed by atoms with Gasteiger partial charge in [0.05, 0.1) is 51.4 Å². The Morgan fingerprint density at radius 2 is 1.72 bits per heavy atom. The summed E-state index contributed by atoms with van der Waals surface area (Å²) in [5.41, 5.74) is 9.24. The Morgan fingerprint density at radius 3 is 2.53 bits per heavy atom. The first-order chi connectivity index (χ1) is 17.6. The number of ether oxygens (including phenoxy) is 1. The van der Waals surface area contributed by atoms with Crippen molar-refractivity contribution in [3.63, 3.8) is 0 Å². The van der Waals surface area contributed by atoms with Crippen molar-refractivity contribution in [2.75, 3.05) is 18.5 Å². The predicted octanol–water partition coefficient (Wildman–Crippen LogP) is 5.97. The second-order valence-corrected chi connectivity index (χ2v) is 9.48. The molecule has 0 bridgehead atoms. The molecule has 1 aromatic heterocycles. The topological polar surface area (TPSA) is 64.3 Å². The van der Waals surface area contributed by atoms with Gasteiger partial charge in [-0.1, -0.05) is 29.8 Å². The van der Waals surface area contributed by atoms with Crippen LogP contribution in [-0.2, 0) is 4.74 Å². The lowest BCUT2D eigenvalue weighted by Crippen LogP contribution is -2.23. The Hall–Kier alpha value is -4.03. The zero-order chi connectivity index (χ0) is 24.5. The first-order valence-corrected chi connectivity index (χ1v) is 12.5. The number of rotatable bonds is 4. The maximum absolute atomic E-state index is 5.58. The van der Waals surface area contributed by atoms with Gasteiger partial charge in [0.2, 0.25) is 0 Å². The number of para-hydroxylation sites is 2. The van der Waals surface area contributed by atoms with Crippen molar-refractivity contribution in [2.45, 2.75) is 32.7 Å². The number of nitrogens with zero attached hydrogens (tertiary/aromatic N) is 4. The molecule has 0 radical (unpaired) electrons. The second kappa shape index (κ2) is 9.55. The van der Waals surface area contributed by atoms with Gasteiger partial charge in [-0.15, -0.1) is 0 Å². The van der Waals surface area contributed by atoms with E-state index in [2.05, 4.69) is 82.5 Å². The van der Waals surface area contributed by atoms with Gasteiger partial charge >= 0.3 is 0 Å². The molecule has 180 valence electrons. The summed E-state index contributed by atoms with van der Waals surface area (Å²) >= 11 is 0. The van der Waals surface area contributed by atoms with Gasteiger partial charge in [0, 0.05) is 25.1 Å². The lowest BCUT2D eigenvalue weighted by atomic mass is 10.1. The van der Waals surface area contributed by atoms with E-state index in [1.54, 1.807) is 0 Å². The third-order valence-electron chi connectivity index (χ3n) is 6.66. The first kappa shape index (κ1) is 22.4. The molecule has 0 saturated carbocycles. The van der Waals surface area contributed by atoms with Crippen LogP contribution in [0, 0.1) is 13.8 Å². The van der Waals surface area contributed by atoms with Gasteiger partial charge in [-0.3, -0.25) is 9.98 Å². The van der Waals surface area contributed by atoms with Gasteiger partial charge in [-0.25, -0.2) is 4.98 Å². The molecular formula is C30H29N5O. The van der Waals surface area contributed by atoms with Crippen LogP contribution < -0.4 is 10.7 Å². The van der Waals surface area contributed by atoms with E-state index in [0.717, 1.165) is 76.5 Å². The van der Waals surface area contributed by atoms with Crippen molar-refractivity contribution in [1.29, 1.82) is 0 Å². The van der Waals surface area contributed by atoms with Crippen LogP contribution in [0.5, 0.6) is 0 Å². The number of anilines is 2. The molecule has 2 aromatic carbocycles. The molecule has 6 heteroatoms. The minimum absolute atomic E-state index is 0.230. The summed E-state index contributed by atoms with van der Waals surface area (Å²) in [5, 5.41) is 4.50. The molecule has 3 aliphatic rings. The Bertz CT molecular complexity index is 1570. The monoisotopic (exact) mass is 475 g/mol. The number of aryl methyl sites for hydroxylation is 2. The van der Waals surface area contributed by atoms with Crippen molar-refractivity contribution in [3.8, 4) is 17.1 Å². The number of hydrogen-bond acceptors (Lipinski definition) is 5. The summed E-state index contributed by atoms with van der Waals surface area (Å²) in [7, 11) is 0. The molecule has 1 N–H and O–H groups in total. The summed E-state index contributed by atoms with van der Waals surface area (Å²) in [6.45, 7) is 5.66. The van der Waals surface area contributed by atoms with E-state index in [1.165, 1.54) is 5.56 Å². The highest BCUT2D eigenvalue weighted by Gasteiger charge is 2.18. The van der Waals surface area contributed by atoms with Crippen LogP contribution in [0.25, 0.3) is 28.1 Å². The highest BCUT2D eigenvalue weighted by atomic mass is 16.5. The smallest absolute Gasteiger partial charge is 0.0900 e. The minimum atomic E-state index is 0.230. The van der Waals surface area contributed by atoms with Crippen LogP contribution in [0.1, 0.15) is 24.0 Å². The van der Waals surface area contributed by atoms with E-state index in [4.69, 9.17) is 14.7 Å². The molecule has 0 spiro atoms. The Kier molecular flexibility index (Phi) is 5.95. The zero-order valence-electron chi connectivity index (χ0n) is 20.6. The highest BCUT2D eigenvalue weighted by molar-refractivity contribution is 5.84. The Morgan fingerprint density at radius 1 is 0.917 bits per heavy atom. The summed E-state index contributed by atoms with van der Waals surface area (Å²) in [4.78, 5) is 14.6. The molecule has 2 aliphatic heterocycles. The fourth-order valence-corrected chi connectivity index (χ4v) is 4.81. The predicted molar refractivity (Wildman–Crippen MR) is 144 cm³/mol. The van der Waals surface area contributed by atoms with Gasteiger partial charge in [-0.2, -0.15) is 0 Å². The average Bonchev–Trinajstić information content (AvgIpc) is 2.89. The highest BCUT2D eigenvalue weighted by Crippen LogP contribution is 2.30. The summed E-state index contributed by atoms with van der Waals surface area (Å²) in [5.74, 6) is 0. The summed E-state index contributed by atoms with van der Waals surface area (Å²) < 4.78 is 7.87. The van der Waals surface area contributed by atoms with Crippen molar-refractivity contribution >= 4 is 22.4 Å². The van der Waals surface area contributed by atoms with E-state index in [0.29, 0.717) is 0 Å². The van der Waals surface area contributed by atoms with E-state index in [1.807, 2.05) is 25.4 Å². The lowest BCUT2D eigenvalue weighted by Gasteiger charge is -2.22. The summed E-state index contributed by atoms with van der Waals surface area (Å²) in [6, 6.07) is 23.5. The average molecular weight is 476 g/mol. The molecule has 0 atom stereocenters. The largest absolute Gasteiger partial charge is 0.381 e. The van der Waals surface area contributed by atoms with Crippen molar-refractivity contribution in [3.05, 3.63) is 95.6 Å². The molecule has 3 heterocycles. The maximum Gasteiger partial charge on any atom is 0.0900 e. The van der Waals surface area contributed by atoms with E-state index < -0.39 is 0 Å². The molecule has 1 aliphatic carbocycles. The van der Waals surface area contributed by atoms with Crippen molar-refractivity contribution in [1.82, 2.24) is 14.5 Å². The van der Waals surface area contributed by atoms with Crippen LogP contribution in [0.2, 0.25) is 0 Å². The Balaban J connectivity index is 1.62. The van der Waals surface area contributed by atoms with Gasteiger partial charge in [-0.05, 0) is 74.7 Å². The molecule has 1 saturated heterocycles. The number of hydrogen-bond donors (Lipinski definition) is 1. The minimum Gasteiger partial charge on any atom is -0.381 e. The molecule has 36 heavy (non-hydrogen) atoms. The standard InChI is InChI=1S/C30H29N5O/c1-20-7-9-24(10-8-20)35-29-6-4-3-5-25(29)34-28-16-26(33-23-15-21(2)18-31-19-23)27(17-30(28)35)32-22-11-13-36-14-12-22/h3-10,15-19,22,33H,11-14H2,1-2H3. The molecule has 3 aromatic rings. The number of pyridine rings is 1. The number of nitrogens with one attached hydrogen (secondary N) is 1. The fourth-order valence-electron chi connectivity index (χ4n) is 4.81. The third kappa shape index (κ3) is 4.48. The molecule has 1 fully saturated rings. The van der Waals surface area contributed by atoms with E-state index in [9.17, 15) is 0 Å². The van der Waals surface area contributed by atoms with Gasteiger partial charge in [0.1, 0.15) is 0 Å². The number of benzene rings is 3. The molecule has 0 unspecified atom stereocenters. The quantitative estimate of drug-likeness (QED) is 0.326. The van der Waals surface area contributed by atoms with Crippen LogP contribution in [-0.4, -0.2) is 33.8 Å². The molecule has 0 amide bonds. The van der Waals surface area contributed by atoms with Crippen molar-refractivity contribution < 1.29 is 4.74 Å². The first-order valence-electron chi connectivity index (χ1n) is 12.5. The maximum atomic E-state index is 5.58. The zero-order valence-corrected chi connectivity index (χ0v) is 20.6. The van der Waals surface area contributed by atoms with Gasteiger partial charge in [0.15, 0.2) is 0 Å². The second-order valence-electron chi connectivity index (χ2n) is 9.48. The SMILES string of the molecule is Cc1ccc(-n2c3cc(=NC4CCOCC4)c(Nc4cncc(C)c4)cc-3nc3ccccc32)cc1. The van der Waals surface area contributed by atoms with E-state index in [-0.39, 0.29) is 6.04 Å². The number of aromatic nitrogens is 3. The van der Waals surface area contributed by atoms with Crippen LogP contribution >= 0.6 is 0 Å². The molecular weight excluding hydrogens is 446 g/mol. The van der Waals surface area contributed by atoms with Crippen LogP contribution in [0.4, 0.5) is 11.4 Å². The van der Waals surface area contributed by atoms with E-state index >= 15 is 0 Å². The van der Waals surface area contributed by atoms with Gasteiger partial charge in [0.25, 0.3) is 0 Å². The molecule has 6 rings (SSSR count). The normalized spacial score (nSPS) is 15.0. The third-order valence-corrected chi connectivity index (χ3v) is 6.66. The Labute approximate surface area is 210 Å². The lowest BCUT2D eigenvalue weighted by molar-refractivity contribution is 0.0864. The van der Waals surface area contributed by atoms with Gasteiger partial charge < -0.3 is 14.6 Å². The molecule has 6 nitrogen and oxygen atoms in total. The van der Waals surface area contributed by atoms with Crippen LogP contribution in [0.3, 0.4) is 0 Å². The number of fused-ring (bicyclic) bond motifs is 2. The van der Waals surface area contributed by atoms with Crippen molar-refractivity contribution in [2.24, 2.45) is 4.99 Å². The fraction of sp³-hybridized carbons (Fsp3) is 0.233.